The standard InChI is InChI=1S/C17H36N2/c1-6-10-11-12-13-19-15-17(8-3,9-4)18-14-16(19,5)7-2/h18H,6-15H2,1-5H3. The number of unbranched alkanes of at least 4 members (excludes halogenated alkanes) is 3. The Morgan fingerprint density at radius 2 is 1.63 bits per heavy atom. The molecule has 0 saturated carbocycles. The molecule has 0 radical (unpaired) electrons. The summed E-state index contributed by atoms with van der Waals surface area (Å²) in [7, 11) is 0. The summed E-state index contributed by atoms with van der Waals surface area (Å²) in [6.45, 7) is 15.4. The van der Waals surface area contributed by atoms with E-state index < -0.39 is 0 Å². The average Bonchev–Trinajstić information content (AvgIpc) is 2.46. The molecule has 2 heteroatoms. The van der Waals surface area contributed by atoms with Crippen LogP contribution in [0.2, 0.25) is 0 Å². The van der Waals surface area contributed by atoms with E-state index in [4.69, 9.17) is 0 Å². The molecule has 1 rings (SSSR count). The molecule has 0 spiro atoms. The second-order valence-corrected chi connectivity index (χ2v) is 6.67. The van der Waals surface area contributed by atoms with Crippen molar-refractivity contribution < 1.29 is 0 Å². The lowest BCUT2D eigenvalue weighted by Gasteiger charge is -2.53. The number of nitrogens with one attached hydrogen (secondary N) is 1. The van der Waals surface area contributed by atoms with Crippen LogP contribution < -0.4 is 5.32 Å². The van der Waals surface area contributed by atoms with Gasteiger partial charge < -0.3 is 5.32 Å². The molecule has 0 amide bonds. The Labute approximate surface area is 121 Å². The number of piperazine rings is 1. The van der Waals surface area contributed by atoms with Crippen LogP contribution in [0, 0.1) is 0 Å². The summed E-state index contributed by atoms with van der Waals surface area (Å²) in [5, 5.41) is 3.86. The van der Waals surface area contributed by atoms with E-state index in [0.717, 1.165) is 6.54 Å². The van der Waals surface area contributed by atoms with Gasteiger partial charge >= 0.3 is 0 Å². The Morgan fingerprint density at radius 3 is 2.16 bits per heavy atom. The quantitative estimate of drug-likeness (QED) is 0.664. The van der Waals surface area contributed by atoms with Crippen LogP contribution in [-0.2, 0) is 0 Å². The smallest absolute Gasteiger partial charge is 0.0304 e. The highest BCUT2D eigenvalue weighted by molar-refractivity contribution is 5.02. The van der Waals surface area contributed by atoms with Crippen molar-refractivity contribution in [1.82, 2.24) is 10.2 Å². The van der Waals surface area contributed by atoms with Crippen molar-refractivity contribution in [2.24, 2.45) is 0 Å². The molecule has 1 N–H and O–H groups in total. The van der Waals surface area contributed by atoms with E-state index >= 15 is 0 Å². The highest BCUT2D eigenvalue weighted by Gasteiger charge is 2.41. The first-order valence-electron chi connectivity index (χ1n) is 8.56. The third-order valence-electron chi connectivity index (χ3n) is 5.50. The second-order valence-electron chi connectivity index (χ2n) is 6.67. The molecule has 114 valence electrons. The summed E-state index contributed by atoms with van der Waals surface area (Å²) < 4.78 is 0. The molecule has 2 nitrogen and oxygen atoms in total. The van der Waals surface area contributed by atoms with Crippen LogP contribution in [0.3, 0.4) is 0 Å². The molecule has 0 aromatic carbocycles. The maximum Gasteiger partial charge on any atom is 0.0304 e. The highest BCUT2D eigenvalue weighted by Crippen LogP contribution is 2.30. The summed E-state index contributed by atoms with van der Waals surface area (Å²) in [6.07, 6.45) is 9.22. The van der Waals surface area contributed by atoms with Gasteiger partial charge in [-0.1, -0.05) is 47.0 Å². The fourth-order valence-electron chi connectivity index (χ4n) is 3.25. The molecule has 1 fully saturated rings. The molecule has 0 bridgehead atoms. The summed E-state index contributed by atoms with van der Waals surface area (Å²) >= 11 is 0. The Hall–Kier alpha value is -0.0800. The van der Waals surface area contributed by atoms with E-state index in [9.17, 15) is 0 Å². The van der Waals surface area contributed by atoms with Gasteiger partial charge in [-0.15, -0.1) is 0 Å². The summed E-state index contributed by atoms with van der Waals surface area (Å²) in [5.74, 6) is 0. The number of nitrogens with zero attached hydrogens (tertiary/aromatic N) is 1. The highest BCUT2D eigenvalue weighted by atomic mass is 15.3. The molecule has 1 unspecified atom stereocenters. The van der Waals surface area contributed by atoms with Crippen LogP contribution in [0.4, 0.5) is 0 Å². The molecular formula is C17H36N2. The van der Waals surface area contributed by atoms with Gasteiger partial charge in [0.05, 0.1) is 0 Å². The first kappa shape index (κ1) is 17.0. The van der Waals surface area contributed by atoms with Crippen molar-refractivity contribution >= 4 is 0 Å². The Morgan fingerprint density at radius 1 is 0.947 bits per heavy atom. The molecule has 1 atom stereocenters. The third kappa shape index (κ3) is 4.19. The fourth-order valence-corrected chi connectivity index (χ4v) is 3.25. The van der Waals surface area contributed by atoms with Gasteiger partial charge in [-0.3, -0.25) is 4.90 Å². The normalized spacial score (nSPS) is 27.6. The van der Waals surface area contributed by atoms with Crippen LogP contribution in [-0.4, -0.2) is 35.6 Å². The molecule has 0 aliphatic carbocycles. The molecule has 19 heavy (non-hydrogen) atoms. The molecule has 1 saturated heterocycles. The van der Waals surface area contributed by atoms with Gasteiger partial charge in [0.1, 0.15) is 0 Å². The zero-order valence-electron chi connectivity index (χ0n) is 14.0. The minimum atomic E-state index is 0.361. The minimum absolute atomic E-state index is 0.361. The third-order valence-corrected chi connectivity index (χ3v) is 5.50. The van der Waals surface area contributed by atoms with Crippen molar-refractivity contribution in [3.05, 3.63) is 0 Å². The Bertz CT molecular complexity index is 248. The van der Waals surface area contributed by atoms with E-state index in [2.05, 4.69) is 44.8 Å². The first-order chi connectivity index (χ1) is 9.05. The van der Waals surface area contributed by atoms with Crippen LogP contribution in [0.15, 0.2) is 0 Å². The van der Waals surface area contributed by atoms with Gasteiger partial charge in [0.25, 0.3) is 0 Å². The number of hydrogen-bond donors (Lipinski definition) is 1. The summed E-state index contributed by atoms with van der Waals surface area (Å²) in [6, 6.07) is 0. The molecular weight excluding hydrogens is 232 g/mol. The van der Waals surface area contributed by atoms with Gasteiger partial charge in [0.15, 0.2) is 0 Å². The SMILES string of the molecule is CCCCCCN1CC(CC)(CC)NCC1(C)CC. The van der Waals surface area contributed by atoms with Crippen molar-refractivity contribution in [3.63, 3.8) is 0 Å². The van der Waals surface area contributed by atoms with Gasteiger partial charge in [0, 0.05) is 24.2 Å². The molecule has 1 aliphatic rings. The first-order valence-corrected chi connectivity index (χ1v) is 8.56. The largest absolute Gasteiger partial charge is 0.308 e. The lowest BCUT2D eigenvalue weighted by molar-refractivity contribution is 0.00801. The van der Waals surface area contributed by atoms with Crippen LogP contribution in [0.25, 0.3) is 0 Å². The lowest BCUT2D eigenvalue weighted by atomic mass is 9.83. The monoisotopic (exact) mass is 268 g/mol. The van der Waals surface area contributed by atoms with Gasteiger partial charge in [-0.25, -0.2) is 0 Å². The van der Waals surface area contributed by atoms with Gasteiger partial charge in [-0.2, -0.15) is 0 Å². The Kier molecular flexibility index (Phi) is 6.82. The maximum atomic E-state index is 3.86. The topological polar surface area (TPSA) is 15.3 Å². The van der Waals surface area contributed by atoms with E-state index in [1.54, 1.807) is 0 Å². The zero-order valence-corrected chi connectivity index (χ0v) is 14.0. The van der Waals surface area contributed by atoms with E-state index in [1.165, 1.54) is 58.0 Å². The van der Waals surface area contributed by atoms with E-state index in [-0.39, 0.29) is 0 Å². The lowest BCUT2D eigenvalue weighted by Crippen LogP contribution is -2.68. The molecule has 1 heterocycles. The maximum absolute atomic E-state index is 3.86. The predicted molar refractivity (Wildman–Crippen MR) is 85.7 cm³/mol. The van der Waals surface area contributed by atoms with E-state index in [0.29, 0.717) is 11.1 Å². The molecule has 0 aromatic heterocycles. The summed E-state index contributed by atoms with van der Waals surface area (Å²) in [5.41, 5.74) is 0.722. The molecule has 0 aromatic rings. The van der Waals surface area contributed by atoms with Crippen molar-refractivity contribution in [1.29, 1.82) is 0 Å². The number of hydrogen-bond acceptors (Lipinski definition) is 2. The van der Waals surface area contributed by atoms with Gasteiger partial charge in [-0.05, 0) is 39.2 Å². The predicted octanol–water partition coefficient (Wildman–Crippen LogP) is 4.20. The van der Waals surface area contributed by atoms with Crippen LogP contribution >= 0.6 is 0 Å². The zero-order chi connectivity index (χ0) is 14.4. The van der Waals surface area contributed by atoms with Crippen LogP contribution in [0.5, 0.6) is 0 Å². The van der Waals surface area contributed by atoms with Crippen molar-refractivity contribution in [2.75, 3.05) is 19.6 Å². The van der Waals surface area contributed by atoms with Crippen LogP contribution in [0.1, 0.15) is 79.6 Å². The average molecular weight is 268 g/mol. The fraction of sp³-hybridized carbons (Fsp3) is 1.00. The van der Waals surface area contributed by atoms with Crippen molar-refractivity contribution in [2.45, 2.75) is 90.6 Å². The second kappa shape index (κ2) is 7.64. The minimum Gasteiger partial charge on any atom is -0.308 e. The number of rotatable bonds is 8. The van der Waals surface area contributed by atoms with Gasteiger partial charge in [0.2, 0.25) is 0 Å². The van der Waals surface area contributed by atoms with Crippen molar-refractivity contribution in [3.8, 4) is 0 Å². The van der Waals surface area contributed by atoms with E-state index in [1.807, 2.05) is 0 Å². The Balaban J connectivity index is 2.63. The molecule has 1 aliphatic heterocycles. The summed E-state index contributed by atoms with van der Waals surface area (Å²) in [4.78, 5) is 2.78.